The standard InChI is InChI=1S/C14H29NO/c1-3-9-14(10-4-2)11-7-5-6-8-12-15-13-16/h13-14H,3-12H2,1-2H3,(H,15,16). The van der Waals surface area contributed by atoms with Crippen molar-refractivity contribution in [3.8, 4) is 0 Å². The molecular weight excluding hydrogens is 198 g/mol. The molecule has 0 saturated heterocycles. The molecule has 0 rings (SSSR count). The van der Waals surface area contributed by atoms with E-state index in [0.29, 0.717) is 0 Å². The first-order valence-corrected chi connectivity index (χ1v) is 7.02. The summed E-state index contributed by atoms with van der Waals surface area (Å²) >= 11 is 0. The number of nitrogens with one attached hydrogen (secondary N) is 1. The van der Waals surface area contributed by atoms with Gasteiger partial charge < -0.3 is 5.32 Å². The van der Waals surface area contributed by atoms with Gasteiger partial charge in [-0.15, -0.1) is 0 Å². The maximum Gasteiger partial charge on any atom is 0.207 e. The van der Waals surface area contributed by atoms with Gasteiger partial charge in [-0.3, -0.25) is 4.79 Å². The predicted molar refractivity (Wildman–Crippen MR) is 70.5 cm³/mol. The summed E-state index contributed by atoms with van der Waals surface area (Å²) < 4.78 is 0. The molecule has 1 amide bonds. The van der Waals surface area contributed by atoms with Crippen LogP contribution < -0.4 is 5.32 Å². The molecule has 2 nitrogen and oxygen atoms in total. The molecule has 96 valence electrons. The molecule has 0 spiro atoms. The van der Waals surface area contributed by atoms with Crippen molar-refractivity contribution in [2.75, 3.05) is 6.54 Å². The van der Waals surface area contributed by atoms with Crippen LogP contribution in [0.25, 0.3) is 0 Å². The first-order valence-electron chi connectivity index (χ1n) is 7.02. The largest absolute Gasteiger partial charge is 0.359 e. The van der Waals surface area contributed by atoms with E-state index in [-0.39, 0.29) is 0 Å². The fourth-order valence-electron chi connectivity index (χ4n) is 2.32. The highest BCUT2D eigenvalue weighted by Gasteiger charge is 2.05. The Morgan fingerprint density at radius 2 is 1.56 bits per heavy atom. The van der Waals surface area contributed by atoms with E-state index < -0.39 is 0 Å². The van der Waals surface area contributed by atoms with Crippen molar-refractivity contribution in [1.29, 1.82) is 0 Å². The van der Waals surface area contributed by atoms with Gasteiger partial charge in [-0.25, -0.2) is 0 Å². The lowest BCUT2D eigenvalue weighted by Gasteiger charge is -2.14. The van der Waals surface area contributed by atoms with Gasteiger partial charge in [-0.1, -0.05) is 65.2 Å². The monoisotopic (exact) mass is 227 g/mol. The van der Waals surface area contributed by atoms with Crippen molar-refractivity contribution in [1.82, 2.24) is 5.32 Å². The van der Waals surface area contributed by atoms with E-state index in [2.05, 4.69) is 19.2 Å². The lowest BCUT2D eigenvalue weighted by Crippen LogP contribution is -2.11. The summed E-state index contributed by atoms with van der Waals surface area (Å²) in [6.45, 7) is 5.42. The minimum Gasteiger partial charge on any atom is -0.359 e. The number of hydrogen-bond donors (Lipinski definition) is 1. The SMILES string of the molecule is CCCC(CCC)CCCCCCNC=O. The number of amides is 1. The lowest BCUT2D eigenvalue weighted by atomic mass is 9.92. The van der Waals surface area contributed by atoms with Gasteiger partial charge in [0.15, 0.2) is 0 Å². The molecule has 2 heteroatoms. The molecule has 0 aliphatic heterocycles. The van der Waals surface area contributed by atoms with Crippen molar-refractivity contribution in [2.45, 2.75) is 71.6 Å². The third-order valence-electron chi connectivity index (χ3n) is 3.16. The van der Waals surface area contributed by atoms with Crippen LogP contribution in [0.2, 0.25) is 0 Å². The first-order chi connectivity index (χ1) is 7.85. The van der Waals surface area contributed by atoms with Crippen LogP contribution >= 0.6 is 0 Å². The van der Waals surface area contributed by atoms with Gasteiger partial charge in [0.25, 0.3) is 0 Å². The van der Waals surface area contributed by atoms with Gasteiger partial charge >= 0.3 is 0 Å². The van der Waals surface area contributed by atoms with Gasteiger partial charge in [-0.2, -0.15) is 0 Å². The molecular formula is C14H29NO. The van der Waals surface area contributed by atoms with Crippen LogP contribution in [0.1, 0.15) is 71.6 Å². The molecule has 0 unspecified atom stereocenters. The van der Waals surface area contributed by atoms with Crippen LogP contribution in [-0.2, 0) is 4.79 Å². The number of carbonyl (C=O) groups is 1. The minimum atomic E-state index is 0.790. The van der Waals surface area contributed by atoms with Crippen LogP contribution in [0.15, 0.2) is 0 Å². The third-order valence-corrected chi connectivity index (χ3v) is 3.16. The summed E-state index contributed by atoms with van der Waals surface area (Å²) in [5.41, 5.74) is 0. The molecule has 0 aliphatic rings. The van der Waals surface area contributed by atoms with E-state index in [1.807, 2.05) is 0 Å². The zero-order chi connectivity index (χ0) is 12.1. The number of carbonyl (C=O) groups excluding carboxylic acids is 1. The molecule has 0 aromatic carbocycles. The van der Waals surface area contributed by atoms with Crippen LogP contribution in [0, 0.1) is 5.92 Å². The van der Waals surface area contributed by atoms with Crippen LogP contribution in [0.3, 0.4) is 0 Å². The fraction of sp³-hybridized carbons (Fsp3) is 0.929. The smallest absolute Gasteiger partial charge is 0.207 e. The Morgan fingerprint density at radius 3 is 2.12 bits per heavy atom. The number of hydrogen-bond acceptors (Lipinski definition) is 1. The average molecular weight is 227 g/mol. The topological polar surface area (TPSA) is 29.1 Å². The van der Waals surface area contributed by atoms with Crippen LogP contribution in [0.4, 0.5) is 0 Å². The molecule has 1 N–H and O–H groups in total. The summed E-state index contributed by atoms with van der Waals surface area (Å²) in [4.78, 5) is 10.0. The van der Waals surface area contributed by atoms with E-state index in [4.69, 9.17) is 0 Å². The molecule has 0 aromatic rings. The fourth-order valence-corrected chi connectivity index (χ4v) is 2.32. The lowest BCUT2D eigenvalue weighted by molar-refractivity contribution is -0.109. The molecule has 0 fully saturated rings. The molecule has 0 heterocycles. The zero-order valence-electron chi connectivity index (χ0n) is 11.1. The summed E-state index contributed by atoms with van der Waals surface area (Å²) in [6.07, 6.45) is 12.7. The first kappa shape index (κ1) is 15.5. The van der Waals surface area contributed by atoms with E-state index in [0.717, 1.165) is 25.3 Å². The molecule has 0 bridgehead atoms. The van der Waals surface area contributed by atoms with Crippen molar-refractivity contribution in [2.24, 2.45) is 5.92 Å². The Balaban J connectivity index is 3.28. The zero-order valence-corrected chi connectivity index (χ0v) is 11.1. The molecule has 0 aliphatic carbocycles. The second-order valence-corrected chi connectivity index (χ2v) is 4.72. The Labute approximate surface area is 101 Å². The second-order valence-electron chi connectivity index (χ2n) is 4.72. The van der Waals surface area contributed by atoms with E-state index in [1.54, 1.807) is 0 Å². The molecule has 0 atom stereocenters. The van der Waals surface area contributed by atoms with Gasteiger partial charge in [0.2, 0.25) is 6.41 Å². The third kappa shape index (κ3) is 10.0. The summed E-state index contributed by atoms with van der Waals surface area (Å²) in [5, 5.41) is 2.71. The average Bonchev–Trinajstić information content (AvgIpc) is 2.28. The normalized spacial score (nSPS) is 10.7. The van der Waals surface area contributed by atoms with Crippen molar-refractivity contribution >= 4 is 6.41 Å². The number of rotatable bonds is 12. The summed E-state index contributed by atoms with van der Waals surface area (Å²) in [7, 11) is 0. The van der Waals surface area contributed by atoms with E-state index in [1.165, 1.54) is 51.4 Å². The van der Waals surface area contributed by atoms with Crippen LogP contribution in [0.5, 0.6) is 0 Å². The highest BCUT2D eigenvalue weighted by Crippen LogP contribution is 2.20. The summed E-state index contributed by atoms with van der Waals surface area (Å²) in [6, 6.07) is 0. The predicted octanol–water partition coefficient (Wildman–Crippen LogP) is 3.90. The quantitative estimate of drug-likeness (QED) is 0.397. The van der Waals surface area contributed by atoms with Gasteiger partial charge in [-0.05, 0) is 12.3 Å². The highest BCUT2D eigenvalue weighted by atomic mass is 16.1. The number of unbranched alkanes of at least 4 members (excludes halogenated alkanes) is 3. The van der Waals surface area contributed by atoms with Gasteiger partial charge in [0.1, 0.15) is 0 Å². The Hall–Kier alpha value is -0.530. The minimum absolute atomic E-state index is 0.790. The Morgan fingerprint density at radius 1 is 0.938 bits per heavy atom. The van der Waals surface area contributed by atoms with Crippen LogP contribution in [-0.4, -0.2) is 13.0 Å². The second kappa shape index (κ2) is 12.5. The van der Waals surface area contributed by atoms with Crippen molar-refractivity contribution in [3.05, 3.63) is 0 Å². The van der Waals surface area contributed by atoms with E-state index >= 15 is 0 Å². The highest BCUT2D eigenvalue weighted by molar-refractivity contribution is 5.45. The molecule has 16 heavy (non-hydrogen) atoms. The maximum atomic E-state index is 10.0. The Kier molecular flexibility index (Phi) is 12.1. The molecule has 0 aromatic heterocycles. The van der Waals surface area contributed by atoms with Gasteiger partial charge in [0, 0.05) is 6.54 Å². The van der Waals surface area contributed by atoms with Gasteiger partial charge in [0.05, 0.1) is 0 Å². The van der Waals surface area contributed by atoms with Crippen molar-refractivity contribution in [3.63, 3.8) is 0 Å². The Bertz CT molecular complexity index is 142. The molecule has 0 saturated carbocycles. The summed E-state index contributed by atoms with van der Waals surface area (Å²) in [5.74, 6) is 0.961. The van der Waals surface area contributed by atoms with Crippen molar-refractivity contribution < 1.29 is 4.79 Å². The van der Waals surface area contributed by atoms with E-state index in [9.17, 15) is 4.79 Å². The maximum absolute atomic E-state index is 10.0. The molecule has 0 radical (unpaired) electrons.